The van der Waals surface area contributed by atoms with Crippen molar-refractivity contribution in [2.24, 2.45) is 0 Å². The minimum Gasteiger partial charge on any atom is -0.352 e. The number of aromatic nitrogens is 4. The second-order valence-electron chi connectivity index (χ2n) is 6.27. The van der Waals surface area contributed by atoms with Crippen LogP contribution in [0.1, 0.15) is 41.1 Å². The summed E-state index contributed by atoms with van der Waals surface area (Å²) in [5.74, 6) is 1.68. The Morgan fingerprint density at radius 3 is 2.87 bits per heavy atom. The van der Waals surface area contributed by atoms with Crippen molar-refractivity contribution in [2.75, 3.05) is 6.54 Å². The first-order valence-electron chi connectivity index (χ1n) is 7.96. The molecule has 1 amide bonds. The molecule has 2 aromatic heterocycles. The van der Waals surface area contributed by atoms with Crippen LogP contribution in [0.3, 0.4) is 0 Å². The molecule has 122 valence electrons. The summed E-state index contributed by atoms with van der Waals surface area (Å²) in [6, 6.07) is -0.0269. The lowest BCUT2D eigenvalue weighted by atomic mass is 10.1. The molecule has 0 spiro atoms. The van der Waals surface area contributed by atoms with Gasteiger partial charge in [0.1, 0.15) is 5.82 Å². The smallest absolute Gasteiger partial charge is 0.245 e. The van der Waals surface area contributed by atoms with Crippen LogP contribution in [0.15, 0.2) is 5.51 Å². The summed E-state index contributed by atoms with van der Waals surface area (Å²) in [5.41, 5.74) is 2.90. The normalized spacial score (nSPS) is 21.2. The van der Waals surface area contributed by atoms with Crippen LogP contribution in [0.4, 0.5) is 0 Å². The standard InChI is InChI=1S/C15H20N6OS/c1-9-12(23-8-16-9)7-20-5-6-21-10(2)18-19-14(21)13(20)15(22)17-11-3-4-11/h8,11,13H,3-7H2,1-2H3,(H,17,22). The molecule has 0 radical (unpaired) electrons. The number of hydrogen-bond donors (Lipinski definition) is 1. The van der Waals surface area contributed by atoms with Gasteiger partial charge in [0.2, 0.25) is 5.91 Å². The van der Waals surface area contributed by atoms with Gasteiger partial charge in [-0.05, 0) is 26.7 Å². The summed E-state index contributed by atoms with van der Waals surface area (Å²) in [7, 11) is 0. The Morgan fingerprint density at radius 1 is 1.35 bits per heavy atom. The van der Waals surface area contributed by atoms with E-state index >= 15 is 0 Å². The number of fused-ring (bicyclic) bond motifs is 1. The lowest BCUT2D eigenvalue weighted by Crippen LogP contribution is -2.46. The minimum atomic E-state index is -0.368. The van der Waals surface area contributed by atoms with Gasteiger partial charge in [-0.2, -0.15) is 0 Å². The predicted octanol–water partition coefficient (Wildman–Crippen LogP) is 1.19. The van der Waals surface area contributed by atoms with Gasteiger partial charge in [-0.3, -0.25) is 9.69 Å². The molecular formula is C15H20N6OS. The minimum absolute atomic E-state index is 0.0445. The summed E-state index contributed by atoms with van der Waals surface area (Å²) >= 11 is 1.64. The number of nitrogens with one attached hydrogen (secondary N) is 1. The van der Waals surface area contributed by atoms with E-state index in [0.29, 0.717) is 6.04 Å². The van der Waals surface area contributed by atoms with Gasteiger partial charge in [0.25, 0.3) is 0 Å². The maximum absolute atomic E-state index is 12.8. The van der Waals surface area contributed by atoms with Crippen LogP contribution < -0.4 is 5.32 Å². The molecule has 8 heteroatoms. The van der Waals surface area contributed by atoms with Gasteiger partial charge in [0, 0.05) is 30.6 Å². The highest BCUT2D eigenvalue weighted by Crippen LogP contribution is 2.29. The summed E-state index contributed by atoms with van der Waals surface area (Å²) in [4.78, 5) is 20.5. The maximum atomic E-state index is 12.8. The molecule has 1 saturated carbocycles. The van der Waals surface area contributed by atoms with Gasteiger partial charge in [0.15, 0.2) is 11.9 Å². The zero-order valence-corrected chi connectivity index (χ0v) is 14.1. The number of thiazole rings is 1. The fourth-order valence-corrected chi connectivity index (χ4v) is 3.82. The van der Waals surface area contributed by atoms with Crippen molar-refractivity contribution in [2.45, 2.75) is 51.9 Å². The number of rotatable bonds is 4. The van der Waals surface area contributed by atoms with Crippen LogP contribution in [-0.4, -0.2) is 43.1 Å². The van der Waals surface area contributed by atoms with Gasteiger partial charge in [-0.15, -0.1) is 21.5 Å². The molecule has 1 aliphatic heterocycles. The Balaban J connectivity index is 1.64. The Labute approximate surface area is 138 Å². The predicted molar refractivity (Wildman–Crippen MR) is 85.9 cm³/mol. The van der Waals surface area contributed by atoms with E-state index in [0.717, 1.165) is 49.8 Å². The van der Waals surface area contributed by atoms with Gasteiger partial charge in [-0.25, -0.2) is 4.98 Å². The zero-order valence-electron chi connectivity index (χ0n) is 13.3. The van der Waals surface area contributed by atoms with Crippen molar-refractivity contribution < 1.29 is 4.79 Å². The van der Waals surface area contributed by atoms with E-state index < -0.39 is 0 Å². The van der Waals surface area contributed by atoms with Gasteiger partial charge < -0.3 is 9.88 Å². The Bertz CT molecular complexity index is 734. The molecule has 1 fully saturated rings. The highest BCUT2D eigenvalue weighted by atomic mass is 32.1. The fraction of sp³-hybridized carbons (Fsp3) is 0.600. The van der Waals surface area contributed by atoms with Crippen LogP contribution >= 0.6 is 11.3 Å². The Hall–Kier alpha value is -1.80. The molecule has 1 unspecified atom stereocenters. The second-order valence-corrected chi connectivity index (χ2v) is 7.21. The van der Waals surface area contributed by atoms with Crippen molar-refractivity contribution in [1.29, 1.82) is 0 Å². The zero-order chi connectivity index (χ0) is 16.0. The quantitative estimate of drug-likeness (QED) is 0.910. The second kappa shape index (κ2) is 5.68. The average molecular weight is 332 g/mol. The van der Waals surface area contributed by atoms with Crippen molar-refractivity contribution >= 4 is 17.2 Å². The lowest BCUT2D eigenvalue weighted by molar-refractivity contribution is -0.128. The first-order valence-corrected chi connectivity index (χ1v) is 8.84. The number of hydrogen-bond acceptors (Lipinski definition) is 6. The highest BCUT2D eigenvalue weighted by Gasteiger charge is 2.38. The molecule has 0 bridgehead atoms. The van der Waals surface area contributed by atoms with Crippen LogP contribution in [0.5, 0.6) is 0 Å². The number of carbonyl (C=O) groups excluding carboxylic acids is 1. The van der Waals surface area contributed by atoms with E-state index in [9.17, 15) is 4.79 Å². The fourth-order valence-electron chi connectivity index (χ4n) is 3.02. The molecule has 2 aromatic rings. The van der Waals surface area contributed by atoms with E-state index in [2.05, 4.69) is 30.0 Å². The average Bonchev–Trinajstić information content (AvgIpc) is 3.14. The number of aryl methyl sites for hydroxylation is 2. The van der Waals surface area contributed by atoms with Crippen molar-refractivity contribution in [3.63, 3.8) is 0 Å². The third-order valence-corrected chi connectivity index (χ3v) is 5.47. The number of nitrogens with zero attached hydrogens (tertiary/aromatic N) is 5. The molecule has 0 saturated heterocycles. The van der Waals surface area contributed by atoms with E-state index in [1.807, 2.05) is 19.4 Å². The van der Waals surface area contributed by atoms with E-state index in [1.54, 1.807) is 11.3 Å². The molecule has 0 aromatic carbocycles. The van der Waals surface area contributed by atoms with E-state index in [1.165, 1.54) is 4.88 Å². The molecule has 1 N–H and O–H groups in total. The molecule has 1 aliphatic carbocycles. The highest BCUT2D eigenvalue weighted by molar-refractivity contribution is 7.09. The lowest BCUT2D eigenvalue weighted by Gasteiger charge is -2.34. The van der Waals surface area contributed by atoms with Gasteiger partial charge >= 0.3 is 0 Å². The number of amides is 1. The molecular weight excluding hydrogens is 312 g/mol. The Morgan fingerprint density at radius 2 is 2.17 bits per heavy atom. The largest absolute Gasteiger partial charge is 0.352 e. The molecule has 4 rings (SSSR count). The summed E-state index contributed by atoms with van der Waals surface area (Å²) in [5, 5.41) is 11.6. The van der Waals surface area contributed by atoms with Crippen LogP contribution in [0.2, 0.25) is 0 Å². The third-order valence-electron chi connectivity index (χ3n) is 4.55. The molecule has 23 heavy (non-hydrogen) atoms. The van der Waals surface area contributed by atoms with E-state index in [-0.39, 0.29) is 11.9 Å². The van der Waals surface area contributed by atoms with Crippen LogP contribution in [0, 0.1) is 13.8 Å². The van der Waals surface area contributed by atoms with Crippen molar-refractivity contribution in [3.05, 3.63) is 27.7 Å². The van der Waals surface area contributed by atoms with Crippen LogP contribution in [0.25, 0.3) is 0 Å². The van der Waals surface area contributed by atoms with E-state index in [4.69, 9.17) is 0 Å². The van der Waals surface area contributed by atoms with Crippen molar-refractivity contribution in [1.82, 2.24) is 30.0 Å². The Kier molecular flexibility index (Phi) is 3.65. The molecule has 3 heterocycles. The van der Waals surface area contributed by atoms with Gasteiger partial charge in [-0.1, -0.05) is 0 Å². The molecule has 2 aliphatic rings. The summed E-state index contributed by atoms with van der Waals surface area (Å²) in [6.45, 7) is 6.31. The first-order chi connectivity index (χ1) is 11.1. The summed E-state index contributed by atoms with van der Waals surface area (Å²) in [6.07, 6.45) is 2.16. The molecule has 1 atom stereocenters. The maximum Gasteiger partial charge on any atom is 0.245 e. The molecule has 7 nitrogen and oxygen atoms in total. The monoisotopic (exact) mass is 332 g/mol. The first kappa shape index (κ1) is 14.8. The SMILES string of the molecule is Cc1ncsc1CN1CCn2c(C)nnc2C1C(=O)NC1CC1. The van der Waals surface area contributed by atoms with Gasteiger partial charge in [0.05, 0.1) is 11.2 Å². The van der Waals surface area contributed by atoms with Crippen LogP contribution in [-0.2, 0) is 17.9 Å². The topological polar surface area (TPSA) is 75.9 Å². The number of carbonyl (C=O) groups is 1. The van der Waals surface area contributed by atoms with Crippen molar-refractivity contribution in [3.8, 4) is 0 Å². The summed E-state index contributed by atoms with van der Waals surface area (Å²) < 4.78 is 2.06. The third kappa shape index (κ3) is 2.76.